The lowest BCUT2D eigenvalue weighted by molar-refractivity contribution is -0.578. The lowest BCUT2D eigenvalue weighted by atomic mass is 9.51. The normalized spacial score (nSPS) is 26.1. The predicted molar refractivity (Wildman–Crippen MR) is 120 cm³/mol. The summed E-state index contributed by atoms with van der Waals surface area (Å²) < 4.78 is 0. The number of halogens is 1. The molecule has 9 heteroatoms. The van der Waals surface area contributed by atoms with Gasteiger partial charge >= 0.3 is 5.97 Å². The summed E-state index contributed by atoms with van der Waals surface area (Å²) in [5.41, 5.74) is -0.0409. The van der Waals surface area contributed by atoms with E-state index in [9.17, 15) is 29.6 Å². The molecule has 3 aliphatic carbocycles. The summed E-state index contributed by atoms with van der Waals surface area (Å²) in [5, 5.41) is 22.3. The van der Waals surface area contributed by atoms with Gasteiger partial charge in [-0.2, -0.15) is 0 Å². The Balaban J connectivity index is 1.63. The third-order valence-corrected chi connectivity index (χ3v) is 7.63. The number of anilines is 1. The van der Waals surface area contributed by atoms with E-state index in [1.54, 1.807) is 48.5 Å². The number of carbonyl (C=O) groups excluding carboxylic acids is 2. The molecule has 4 aliphatic rings. The average molecular weight is 475 g/mol. The van der Waals surface area contributed by atoms with Gasteiger partial charge in [0.15, 0.2) is 0 Å². The monoisotopic (exact) mass is 474 g/mol. The maximum atomic E-state index is 13.9. The number of carboxylic acid groups (broad SMARTS) is 1. The Morgan fingerprint density at radius 3 is 2.12 bits per heavy atom. The van der Waals surface area contributed by atoms with E-state index in [2.05, 4.69) is 0 Å². The SMILES string of the molecule is O=C(O)c1cc(N2C(=O)[C@@H]3C4c5ccccc5C([N+](=O)[O-])(c5ccccc54)[C@H]3C2=O)ccc1Cl. The summed E-state index contributed by atoms with van der Waals surface area (Å²) >= 11 is 5.98. The van der Waals surface area contributed by atoms with E-state index in [1.807, 2.05) is 0 Å². The van der Waals surface area contributed by atoms with Crippen LogP contribution in [0.15, 0.2) is 66.7 Å². The number of nitro groups is 1. The Morgan fingerprint density at radius 2 is 1.56 bits per heavy atom. The Hall–Kier alpha value is -4.04. The summed E-state index contributed by atoms with van der Waals surface area (Å²) in [6.07, 6.45) is 0. The van der Waals surface area contributed by atoms with Crippen molar-refractivity contribution in [2.75, 3.05) is 4.90 Å². The Morgan fingerprint density at radius 1 is 0.971 bits per heavy atom. The summed E-state index contributed by atoms with van der Waals surface area (Å²) in [7, 11) is 0. The van der Waals surface area contributed by atoms with E-state index in [1.165, 1.54) is 12.1 Å². The van der Waals surface area contributed by atoms with Gasteiger partial charge in [-0.3, -0.25) is 19.7 Å². The number of aromatic carboxylic acids is 1. The van der Waals surface area contributed by atoms with E-state index >= 15 is 0 Å². The van der Waals surface area contributed by atoms with Gasteiger partial charge in [0.2, 0.25) is 11.8 Å². The molecular formula is C25H15ClN2O6. The first kappa shape index (κ1) is 20.6. The molecule has 0 spiro atoms. The molecule has 2 atom stereocenters. The summed E-state index contributed by atoms with van der Waals surface area (Å²) in [6, 6.07) is 17.6. The van der Waals surface area contributed by atoms with Crippen molar-refractivity contribution in [1.29, 1.82) is 0 Å². The fourth-order valence-corrected chi connectivity index (χ4v) is 6.31. The molecule has 7 rings (SSSR count). The van der Waals surface area contributed by atoms with Crippen LogP contribution in [0.25, 0.3) is 0 Å². The first-order chi connectivity index (χ1) is 16.3. The quantitative estimate of drug-likeness (QED) is 0.350. The highest BCUT2D eigenvalue weighted by Crippen LogP contribution is 2.64. The molecule has 168 valence electrons. The lowest BCUT2D eigenvalue weighted by Gasteiger charge is -2.48. The van der Waals surface area contributed by atoms with Crippen molar-refractivity contribution in [2.24, 2.45) is 11.8 Å². The van der Waals surface area contributed by atoms with Crippen molar-refractivity contribution < 1.29 is 24.4 Å². The van der Waals surface area contributed by atoms with E-state index in [0.717, 1.165) is 11.0 Å². The van der Waals surface area contributed by atoms with Crippen LogP contribution in [0.1, 0.15) is 38.5 Å². The molecule has 0 saturated carbocycles. The fourth-order valence-electron chi connectivity index (χ4n) is 6.11. The zero-order chi connectivity index (χ0) is 23.9. The zero-order valence-corrected chi connectivity index (χ0v) is 18.1. The molecule has 2 amide bonds. The highest BCUT2D eigenvalue weighted by Gasteiger charge is 2.74. The van der Waals surface area contributed by atoms with Crippen molar-refractivity contribution >= 4 is 35.1 Å². The van der Waals surface area contributed by atoms with Crippen LogP contribution >= 0.6 is 11.6 Å². The molecule has 1 heterocycles. The number of hydrogen-bond acceptors (Lipinski definition) is 5. The van der Waals surface area contributed by atoms with Crippen LogP contribution in [0, 0.1) is 22.0 Å². The highest BCUT2D eigenvalue weighted by atomic mass is 35.5. The van der Waals surface area contributed by atoms with Gasteiger partial charge in [0.05, 0.1) is 22.2 Å². The largest absolute Gasteiger partial charge is 0.478 e. The van der Waals surface area contributed by atoms with Gasteiger partial charge in [-0.15, -0.1) is 0 Å². The van der Waals surface area contributed by atoms with Gasteiger partial charge in [0, 0.05) is 22.0 Å². The van der Waals surface area contributed by atoms with Gasteiger partial charge in [-0.1, -0.05) is 60.1 Å². The molecule has 34 heavy (non-hydrogen) atoms. The topological polar surface area (TPSA) is 118 Å². The van der Waals surface area contributed by atoms with Crippen molar-refractivity contribution in [2.45, 2.75) is 11.5 Å². The Kier molecular flexibility index (Phi) is 4.08. The number of hydrogen-bond donors (Lipinski definition) is 1. The van der Waals surface area contributed by atoms with Crippen LogP contribution in [-0.2, 0) is 15.1 Å². The molecule has 1 saturated heterocycles. The number of carbonyl (C=O) groups is 3. The van der Waals surface area contributed by atoms with E-state index < -0.39 is 46.0 Å². The highest BCUT2D eigenvalue weighted by molar-refractivity contribution is 6.34. The number of benzene rings is 3. The standard InChI is InChI=1S/C25H15ClN2O6/c26-18-10-9-12(11-15(18)24(31)32)27-22(29)20-19-13-5-1-3-7-16(13)25(28(33)34,21(20)23(27)30)17-8-4-2-6-14(17)19/h1-11,19-21H,(H,31,32)/t19?,20-,21-,25?/m1/s1. The van der Waals surface area contributed by atoms with Crippen molar-refractivity contribution in [1.82, 2.24) is 0 Å². The molecule has 2 bridgehead atoms. The van der Waals surface area contributed by atoms with Gasteiger partial charge < -0.3 is 5.11 Å². The van der Waals surface area contributed by atoms with Crippen LogP contribution < -0.4 is 4.90 Å². The minimum Gasteiger partial charge on any atom is -0.478 e. The van der Waals surface area contributed by atoms with Crippen LogP contribution in [0.2, 0.25) is 5.02 Å². The van der Waals surface area contributed by atoms with Crippen molar-refractivity contribution in [3.63, 3.8) is 0 Å². The van der Waals surface area contributed by atoms with Gasteiger partial charge in [0.1, 0.15) is 5.92 Å². The van der Waals surface area contributed by atoms with Gasteiger partial charge in [0.25, 0.3) is 5.54 Å². The molecule has 1 fully saturated rings. The molecule has 1 N–H and O–H groups in total. The smallest absolute Gasteiger partial charge is 0.337 e. The van der Waals surface area contributed by atoms with Crippen LogP contribution in [0.5, 0.6) is 0 Å². The van der Waals surface area contributed by atoms with Crippen LogP contribution in [-0.4, -0.2) is 27.8 Å². The average Bonchev–Trinajstić information content (AvgIpc) is 3.10. The maximum absolute atomic E-state index is 13.9. The molecular weight excluding hydrogens is 460 g/mol. The number of imide groups is 1. The minimum absolute atomic E-state index is 0.0252. The Labute approximate surface area is 197 Å². The third kappa shape index (κ3) is 2.25. The molecule has 0 radical (unpaired) electrons. The Bertz CT molecular complexity index is 1420. The molecule has 8 nitrogen and oxygen atoms in total. The van der Waals surface area contributed by atoms with E-state index in [4.69, 9.17) is 11.6 Å². The number of amides is 2. The number of rotatable bonds is 3. The molecule has 3 aromatic rings. The maximum Gasteiger partial charge on any atom is 0.337 e. The van der Waals surface area contributed by atoms with Crippen LogP contribution in [0.4, 0.5) is 5.69 Å². The zero-order valence-electron chi connectivity index (χ0n) is 17.3. The van der Waals surface area contributed by atoms with Crippen molar-refractivity contribution in [3.8, 4) is 0 Å². The second kappa shape index (κ2) is 6.74. The van der Waals surface area contributed by atoms with E-state index in [0.29, 0.717) is 22.3 Å². The fraction of sp³-hybridized carbons (Fsp3) is 0.160. The predicted octanol–water partition coefficient (Wildman–Crippen LogP) is 3.82. The number of nitrogens with zero attached hydrogens (tertiary/aromatic N) is 2. The molecule has 0 unspecified atom stereocenters. The molecule has 0 aromatic heterocycles. The van der Waals surface area contributed by atoms with Gasteiger partial charge in [-0.05, 0) is 29.3 Å². The minimum atomic E-state index is -1.93. The molecule has 3 aromatic carbocycles. The van der Waals surface area contributed by atoms with Gasteiger partial charge in [-0.25, -0.2) is 9.69 Å². The lowest BCUT2D eigenvalue weighted by Crippen LogP contribution is -2.57. The third-order valence-electron chi connectivity index (χ3n) is 7.30. The summed E-state index contributed by atoms with van der Waals surface area (Å²) in [4.78, 5) is 52.6. The number of carboxylic acids is 1. The second-order valence-corrected chi connectivity index (χ2v) is 9.07. The summed E-state index contributed by atoms with van der Waals surface area (Å²) in [5.74, 6) is -5.43. The first-order valence-corrected chi connectivity index (χ1v) is 10.9. The second-order valence-electron chi connectivity index (χ2n) is 8.66. The van der Waals surface area contributed by atoms with Crippen LogP contribution in [0.3, 0.4) is 0 Å². The molecule has 1 aliphatic heterocycles. The summed E-state index contributed by atoms with van der Waals surface area (Å²) in [6.45, 7) is 0. The van der Waals surface area contributed by atoms with Crippen molar-refractivity contribution in [3.05, 3.63) is 110 Å². The first-order valence-electron chi connectivity index (χ1n) is 10.5. The van der Waals surface area contributed by atoms with E-state index in [-0.39, 0.29) is 16.3 Å².